The van der Waals surface area contributed by atoms with Crippen LogP contribution in [0.15, 0.2) is 91.0 Å². The van der Waals surface area contributed by atoms with Crippen LogP contribution >= 0.6 is 0 Å². The quantitative estimate of drug-likeness (QED) is 0.311. The van der Waals surface area contributed by atoms with Crippen molar-refractivity contribution in [1.82, 2.24) is 0 Å². The molecule has 0 saturated carbocycles. The fourth-order valence-corrected chi connectivity index (χ4v) is 4.88. The van der Waals surface area contributed by atoms with E-state index in [0.717, 1.165) is 38.6 Å². The second-order valence-corrected chi connectivity index (χ2v) is 8.52. The number of hydrogen-bond acceptors (Lipinski definition) is 0. The van der Waals surface area contributed by atoms with Crippen LogP contribution in [0.1, 0.15) is 41.7 Å². The molecule has 4 aromatic carbocycles. The molecule has 0 saturated heterocycles. The van der Waals surface area contributed by atoms with Gasteiger partial charge in [-0.1, -0.05) is 92.7 Å². The van der Waals surface area contributed by atoms with Crippen molar-refractivity contribution < 1.29 is 13.2 Å². The Balaban J connectivity index is 1.84. The number of hydrogen-bond donors (Lipinski definition) is 0. The number of fused-ring (bicyclic) bond motifs is 2. The van der Waals surface area contributed by atoms with Crippen molar-refractivity contribution in [3.05, 3.63) is 119 Å². The molecule has 0 nitrogen and oxygen atoms in total. The lowest BCUT2D eigenvalue weighted by atomic mass is 9.77. The van der Waals surface area contributed by atoms with Gasteiger partial charge in [-0.2, -0.15) is 13.2 Å². The molecule has 0 heterocycles. The third-order valence-electron chi connectivity index (χ3n) is 6.30. The van der Waals surface area contributed by atoms with Crippen LogP contribution in [0.4, 0.5) is 13.2 Å². The van der Waals surface area contributed by atoms with E-state index in [4.69, 9.17) is 0 Å². The van der Waals surface area contributed by atoms with Gasteiger partial charge in [0.25, 0.3) is 0 Å². The average Bonchev–Trinajstić information content (AvgIpc) is 3.00. The van der Waals surface area contributed by atoms with E-state index in [1.807, 2.05) is 30.3 Å². The zero-order chi connectivity index (χ0) is 21.8. The van der Waals surface area contributed by atoms with Gasteiger partial charge in [-0.05, 0) is 56.3 Å². The number of alkyl halides is 3. The van der Waals surface area contributed by atoms with E-state index in [0.29, 0.717) is 0 Å². The Bertz CT molecular complexity index is 1320. The Hall–Kier alpha value is -3.33. The molecule has 0 radical (unpaired) electrons. The summed E-state index contributed by atoms with van der Waals surface area (Å²) in [5.41, 5.74) is 5.42. The first-order chi connectivity index (χ1) is 14.8. The van der Waals surface area contributed by atoms with E-state index in [2.05, 4.69) is 50.2 Å². The molecule has 31 heavy (non-hydrogen) atoms. The predicted molar refractivity (Wildman–Crippen MR) is 121 cm³/mol. The van der Waals surface area contributed by atoms with E-state index < -0.39 is 11.7 Å². The van der Waals surface area contributed by atoms with Crippen LogP contribution in [0.5, 0.6) is 0 Å². The van der Waals surface area contributed by atoms with Crippen LogP contribution < -0.4 is 0 Å². The highest BCUT2D eigenvalue weighted by molar-refractivity contribution is 6.12. The molecule has 0 aromatic heterocycles. The second-order valence-electron chi connectivity index (χ2n) is 8.52. The van der Waals surface area contributed by atoms with Crippen molar-refractivity contribution in [1.29, 1.82) is 0 Å². The van der Waals surface area contributed by atoms with Gasteiger partial charge in [0.05, 0.1) is 5.56 Å². The first-order valence-electron chi connectivity index (χ1n) is 10.3. The van der Waals surface area contributed by atoms with Gasteiger partial charge in [0.1, 0.15) is 0 Å². The lowest BCUT2D eigenvalue weighted by Crippen LogP contribution is -2.16. The molecule has 0 unspecified atom stereocenters. The summed E-state index contributed by atoms with van der Waals surface area (Å²) in [6.45, 7) is 4.30. The van der Waals surface area contributed by atoms with Gasteiger partial charge < -0.3 is 0 Å². The smallest absolute Gasteiger partial charge is 0.166 e. The molecule has 3 heteroatoms. The molecule has 0 spiro atoms. The van der Waals surface area contributed by atoms with Crippen LogP contribution in [0, 0.1) is 0 Å². The minimum Gasteiger partial charge on any atom is -0.166 e. The van der Waals surface area contributed by atoms with Crippen molar-refractivity contribution in [3.63, 3.8) is 0 Å². The Kier molecular flexibility index (Phi) is 4.33. The molecule has 4 aromatic rings. The summed E-state index contributed by atoms with van der Waals surface area (Å²) in [7, 11) is 0. The van der Waals surface area contributed by atoms with Gasteiger partial charge >= 0.3 is 6.18 Å². The zero-order valence-corrected chi connectivity index (χ0v) is 17.3. The van der Waals surface area contributed by atoms with E-state index in [9.17, 15) is 13.2 Å². The first-order valence-corrected chi connectivity index (χ1v) is 10.3. The number of benzene rings is 4. The van der Waals surface area contributed by atoms with Crippen molar-refractivity contribution >= 4 is 21.9 Å². The largest absolute Gasteiger partial charge is 0.416 e. The van der Waals surface area contributed by atoms with Crippen molar-refractivity contribution in [2.45, 2.75) is 25.4 Å². The topological polar surface area (TPSA) is 0 Å². The van der Waals surface area contributed by atoms with Gasteiger partial charge in [-0.25, -0.2) is 0 Å². The highest BCUT2D eigenvalue weighted by atomic mass is 19.4. The monoisotopic (exact) mass is 414 g/mol. The van der Waals surface area contributed by atoms with Crippen LogP contribution in [0.25, 0.3) is 21.9 Å². The van der Waals surface area contributed by atoms with Crippen LogP contribution in [0.3, 0.4) is 0 Å². The molecular formula is C28H21F3. The van der Waals surface area contributed by atoms with E-state index in [1.165, 1.54) is 17.7 Å². The summed E-state index contributed by atoms with van der Waals surface area (Å²) in [5.74, 6) is 0. The molecule has 0 N–H and O–H groups in total. The zero-order valence-electron chi connectivity index (χ0n) is 17.3. The van der Waals surface area contributed by atoms with Crippen LogP contribution in [-0.4, -0.2) is 0 Å². The molecule has 0 amide bonds. The Labute approximate surface area is 179 Å². The van der Waals surface area contributed by atoms with E-state index >= 15 is 0 Å². The Morgan fingerprint density at radius 2 is 1.26 bits per heavy atom. The molecule has 1 aliphatic carbocycles. The SMILES string of the molecule is CC1(C)C(c2ccc(C(F)(F)F)cc2)=C(c2cccc3ccccc23)c2ccccc21. The second kappa shape index (κ2) is 6.84. The van der Waals surface area contributed by atoms with E-state index in [-0.39, 0.29) is 5.41 Å². The molecule has 0 bridgehead atoms. The molecule has 0 atom stereocenters. The van der Waals surface area contributed by atoms with Gasteiger partial charge in [-0.3, -0.25) is 0 Å². The van der Waals surface area contributed by atoms with Crippen molar-refractivity contribution in [3.8, 4) is 0 Å². The average molecular weight is 414 g/mol. The lowest BCUT2D eigenvalue weighted by molar-refractivity contribution is -0.137. The maximum atomic E-state index is 13.2. The standard InChI is InChI=1S/C28H21F3/c1-27(2)24-13-6-5-11-23(24)25(22-12-7-9-18-8-3-4-10-21(18)22)26(27)19-14-16-20(17-15-19)28(29,30)31/h3-17H,1-2H3. The van der Waals surface area contributed by atoms with Crippen LogP contribution in [0.2, 0.25) is 0 Å². The minimum absolute atomic E-state index is 0.345. The normalized spacial score (nSPS) is 15.4. The van der Waals surface area contributed by atoms with Crippen molar-refractivity contribution in [2.24, 2.45) is 0 Å². The maximum Gasteiger partial charge on any atom is 0.416 e. The van der Waals surface area contributed by atoms with Gasteiger partial charge in [0, 0.05) is 5.41 Å². The summed E-state index contributed by atoms with van der Waals surface area (Å²) in [5, 5.41) is 2.28. The number of halogens is 3. The number of rotatable bonds is 2. The molecular weight excluding hydrogens is 393 g/mol. The van der Waals surface area contributed by atoms with E-state index in [1.54, 1.807) is 12.1 Å². The van der Waals surface area contributed by atoms with Gasteiger partial charge in [-0.15, -0.1) is 0 Å². The predicted octanol–water partition coefficient (Wildman–Crippen LogP) is 8.11. The summed E-state index contributed by atoms with van der Waals surface area (Å²) in [6, 6.07) is 28.3. The first kappa shape index (κ1) is 19.6. The lowest BCUT2D eigenvalue weighted by Gasteiger charge is -2.26. The molecule has 0 fully saturated rings. The van der Waals surface area contributed by atoms with Crippen LogP contribution in [-0.2, 0) is 11.6 Å². The Morgan fingerprint density at radius 3 is 2.00 bits per heavy atom. The third kappa shape index (κ3) is 3.07. The Morgan fingerprint density at radius 1 is 0.645 bits per heavy atom. The fourth-order valence-electron chi connectivity index (χ4n) is 4.88. The highest BCUT2D eigenvalue weighted by Gasteiger charge is 2.39. The third-order valence-corrected chi connectivity index (χ3v) is 6.30. The fraction of sp³-hybridized carbons (Fsp3) is 0.143. The minimum atomic E-state index is -4.35. The van der Waals surface area contributed by atoms with Crippen molar-refractivity contribution in [2.75, 3.05) is 0 Å². The summed E-state index contributed by atoms with van der Waals surface area (Å²) < 4.78 is 39.5. The molecule has 0 aliphatic heterocycles. The van der Waals surface area contributed by atoms with Gasteiger partial charge in [0.15, 0.2) is 0 Å². The maximum absolute atomic E-state index is 13.2. The highest BCUT2D eigenvalue weighted by Crippen LogP contribution is 2.53. The summed E-state index contributed by atoms with van der Waals surface area (Å²) in [6.07, 6.45) is -4.35. The molecule has 5 rings (SSSR count). The van der Waals surface area contributed by atoms with Gasteiger partial charge in [0.2, 0.25) is 0 Å². The summed E-state index contributed by atoms with van der Waals surface area (Å²) >= 11 is 0. The summed E-state index contributed by atoms with van der Waals surface area (Å²) in [4.78, 5) is 0. The number of allylic oxidation sites excluding steroid dienone is 1. The molecule has 154 valence electrons. The molecule has 1 aliphatic rings.